The first kappa shape index (κ1) is 22.8. The van der Waals surface area contributed by atoms with E-state index in [-0.39, 0.29) is 11.0 Å². The van der Waals surface area contributed by atoms with Crippen molar-refractivity contribution in [3.05, 3.63) is 32.4 Å². The van der Waals surface area contributed by atoms with Crippen molar-refractivity contribution in [3.8, 4) is 11.5 Å². The Kier molecular flexibility index (Phi) is 9.00. The van der Waals surface area contributed by atoms with Gasteiger partial charge in [-0.1, -0.05) is 0 Å². The first-order valence-corrected chi connectivity index (χ1v) is 5.38. The van der Waals surface area contributed by atoms with Crippen LogP contribution < -0.4 is 9.47 Å². The van der Waals surface area contributed by atoms with E-state index in [1.807, 2.05) is 0 Å². The summed E-state index contributed by atoms with van der Waals surface area (Å²) in [5.41, 5.74) is -1.70. The van der Waals surface area contributed by atoms with Crippen LogP contribution in [0.15, 0.2) is 12.1 Å². The van der Waals surface area contributed by atoms with E-state index in [0.717, 1.165) is 0 Å². The number of hydrogen-bond donors (Lipinski definition) is 2. The van der Waals surface area contributed by atoms with E-state index in [2.05, 4.69) is 9.47 Å². The molecule has 0 bridgehead atoms. The third-order valence-electron chi connectivity index (χ3n) is 2.14. The van der Waals surface area contributed by atoms with Crippen LogP contribution in [-0.2, 0) is 9.59 Å². The van der Waals surface area contributed by atoms with Crippen LogP contribution in [0.1, 0.15) is 0 Å². The zero-order valence-electron chi connectivity index (χ0n) is 11.6. The summed E-state index contributed by atoms with van der Waals surface area (Å²) in [6, 6.07) is 1.19. The molecule has 14 nitrogen and oxygen atoms in total. The monoisotopic (exact) mass is 352 g/mol. The van der Waals surface area contributed by atoms with Gasteiger partial charge in [-0.15, -0.1) is 0 Å². The van der Waals surface area contributed by atoms with Crippen molar-refractivity contribution in [2.75, 3.05) is 13.2 Å². The van der Waals surface area contributed by atoms with Crippen LogP contribution in [0.2, 0.25) is 0 Å². The highest BCUT2D eigenvalue weighted by Gasteiger charge is 2.27. The van der Waals surface area contributed by atoms with Crippen molar-refractivity contribution in [3.63, 3.8) is 0 Å². The Morgan fingerprint density at radius 3 is 1.46 bits per heavy atom. The van der Waals surface area contributed by atoms with E-state index in [1.54, 1.807) is 0 Å². The quantitative estimate of drug-likeness (QED) is 0.417. The summed E-state index contributed by atoms with van der Waals surface area (Å²) in [6.07, 6.45) is 0. The van der Waals surface area contributed by atoms with Crippen molar-refractivity contribution < 1.29 is 50.1 Å². The number of ether oxygens (including phenoxy) is 2. The van der Waals surface area contributed by atoms with Crippen LogP contribution in [0, 0.1) is 20.2 Å². The molecule has 1 rings (SSSR count). The molecule has 0 aliphatic carbocycles. The lowest BCUT2D eigenvalue weighted by atomic mass is 10.2. The van der Waals surface area contributed by atoms with Crippen LogP contribution in [0.25, 0.3) is 0 Å². The van der Waals surface area contributed by atoms with Gasteiger partial charge in [0.2, 0.25) is 11.5 Å². The first-order valence-electron chi connectivity index (χ1n) is 5.38. The number of hydrogen-bond acceptors (Lipinski definition) is 8. The number of nitrogens with zero attached hydrogens (tertiary/aromatic N) is 2. The molecule has 0 fully saturated rings. The van der Waals surface area contributed by atoms with Crippen molar-refractivity contribution in [1.82, 2.24) is 0 Å². The summed E-state index contributed by atoms with van der Waals surface area (Å²) in [7, 11) is 0. The van der Waals surface area contributed by atoms with E-state index in [4.69, 9.17) is 10.2 Å². The van der Waals surface area contributed by atoms with E-state index >= 15 is 0 Å². The highest BCUT2D eigenvalue weighted by Crippen LogP contribution is 2.39. The van der Waals surface area contributed by atoms with Crippen molar-refractivity contribution >= 4 is 23.3 Å². The minimum Gasteiger partial charge on any atom is -0.479 e. The molecule has 0 unspecified atom stereocenters. The number of carboxylic acid groups (broad SMARTS) is 2. The van der Waals surface area contributed by atoms with Crippen LogP contribution >= 0.6 is 0 Å². The number of rotatable bonds is 8. The van der Waals surface area contributed by atoms with E-state index < -0.39 is 57.9 Å². The normalized spacial score (nSPS) is 9.00. The number of benzene rings is 1. The molecule has 134 valence electrons. The SMILES string of the molecule is O.O.O=C(O)COc1cc(OCC(=O)O)c([N+](=O)[O-])cc1[N+](=O)[O-]. The number of carboxylic acids is 2. The van der Waals surface area contributed by atoms with Crippen molar-refractivity contribution in [1.29, 1.82) is 0 Å². The standard InChI is InChI=1S/C10H8N2O10.2H2O/c13-9(14)3-21-7-2-8(22-4-10(15)16)6(12(19)20)1-5(7)11(17)18;;/h1-2H,3-4H2,(H,13,14)(H,15,16);2*1H2. The van der Waals surface area contributed by atoms with E-state index in [9.17, 15) is 29.8 Å². The highest BCUT2D eigenvalue weighted by molar-refractivity contribution is 5.70. The predicted octanol–water partition coefficient (Wildman–Crippen LogP) is -1.22. The summed E-state index contributed by atoms with van der Waals surface area (Å²) in [4.78, 5) is 40.5. The molecular weight excluding hydrogens is 340 g/mol. The molecular formula is C10H12N2O12. The summed E-state index contributed by atoms with van der Waals surface area (Å²) >= 11 is 0. The highest BCUT2D eigenvalue weighted by atomic mass is 16.6. The molecule has 6 N–H and O–H groups in total. The molecule has 0 amide bonds. The summed E-state index contributed by atoms with van der Waals surface area (Å²) in [5.74, 6) is -4.06. The van der Waals surface area contributed by atoms with Crippen molar-refractivity contribution in [2.24, 2.45) is 0 Å². The molecule has 0 spiro atoms. The topological polar surface area (TPSA) is 242 Å². The third-order valence-corrected chi connectivity index (χ3v) is 2.14. The molecule has 24 heavy (non-hydrogen) atoms. The fraction of sp³-hybridized carbons (Fsp3) is 0.200. The Labute approximate surface area is 131 Å². The lowest BCUT2D eigenvalue weighted by Gasteiger charge is -2.08. The average molecular weight is 352 g/mol. The Bertz CT molecular complexity index is 592. The van der Waals surface area contributed by atoms with Gasteiger partial charge in [-0.3, -0.25) is 20.2 Å². The van der Waals surface area contributed by atoms with Crippen molar-refractivity contribution in [2.45, 2.75) is 0 Å². The summed E-state index contributed by atoms with van der Waals surface area (Å²) in [6.45, 7) is -1.87. The fourth-order valence-corrected chi connectivity index (χ4v) is 1.33. The number of aliphatic carboxylic acids is 2. The second-order valence-corrected chi connectivity index (χ2v) is 3.67. The summed E-state index contributed by atoms with van der Waals surface area (Å²) in [5, 5.41) is 38.6. The maximum atomic E-state index is 10.8. The summed E-state index contributed by atoms with van der Waals surface area (Å²) < 4.78 is 9.30. The van der Waals surface area contributed by atoms with Gasteiger partial charge in [-0.2, -0.15) is 0 Å². The number of nitro benzene ring substituents is 2. The van der Waals surface area contributed by atoms with Gasteiger partial charge in [0.25, 0.3) is 0 Å². The van der Waals surface area contributed by atoms with Crippen LogP contribution in [0.3, 0.4) is 0 Å². The molecule has 1 aromatic carbocycles. The van der Waals surface area contributed by atoms with Gasteiger partial charge < -0.3 is 30.6 Å². The Morgan fingerprint density at radius 2 is 1.21 bits per heavy atom. The van der Waals surface area contributed by atoms with Gasteiger partial charge in [0.1, 0.15) is 6.07 Å². The second kappa shape index (κ2) is 9.49. The molecule has 0 aromatic heterocycles. The average Bonchev–Trinajstić information content (AvgIpc) is 2.41. The predicted molar refractivity (Wildman–Crippen MR) is 73.2 cm³/mol. The van der Waals surface area contributed by atoms with Gasteiger partial charge in [-0.05, 0) is 0 Å². The molecule has 1 aromatic rings. The first-order chi connectivity index (χ1) is 10.2. The third kappa shape index (κ3) is 6.08. The minimum atomic E-state index is -1.43. The molecule has 0 aliphatic heterocycles. The molecule has 0 saturated carbocycles. The van der Waals surface area contributed by atoms with Gasteiger partial charge in [0.15, 0.2) is 13.2 Å². The van der Waals surface area contributed by atoms with Crippen LogP contribution in [0.5, 0.6) is 11.5 Å². The van der Waals surface area contributed by atoms with E-state index in [1.165, 1.54) is 0 Å². The van der Waals surface area contributed by atoms with Crippen LogP contribution in [0.4, 0.5) is 11.4 Å². The fourth-order valence-electron chi connectivity index (χ4n) is 1.33. The van der Waals surface area contributed by atoms with Gasteiger partial charge in [0, 0.05) is 6.07 Å². The van der Waals surface area contributed by atoms with Gasteiger partial charge in [-0.25, -0.2) is 9.59 Å². The van der Waals surface area contributed by atoms with E-state index in [0.29, 0.717) is 12.1 Å². The Morgan fingerprint density at radius 1 is 0.875 bits per heavy atom. The molecule has 0 heterocycles. The Balaban J connectivity index is 0. The number of carbonyl (C=O) groups is 2. The molecule has 0 saturated heterocycles. The molecule has 0 atom stereocenters. The zero-order chi connectivity index (χ0) is 16.9. The largest absolute Gasteiger partial charge is 0.479 e. The van der Waals surface area contributed by atoms with Gasteiger partial charge in [0.05, 0.1) is 9.85 Å². The minimum absolute atomic E-state index is 0. The smallest absolute Gasteiger partial charge is 0.341 e. The lowest BCUT2D eigenvalue weighted by Crippen LogP contribution is -2.13. The molecule has 0 aliphatic rings. The van der Waals surface area contributed by atoms with Crippen LogP contribution in [-0.4, -0.2) is 56.2 Å². The maximum Gasteiger partial charge on any atom is 0.341 e. The molecule has 0 radical (unpaired) electrons. The zero-order valence-corrected chi connectivity index (χ0v) is 11.6. The number of nitro groups is 2. The molecule has 14 heteroatoms. The second-order valence-electron chi connectivity index (χ2n) is 3.67. The lowest BCUT2D eigenvalue weighted by molar-refractivity contribution is -0.395. The van der Waals surface area contributed by atoms with Gasteiger partial charge >= 0.3 is 23.3 Å². The Hall–Kier alpha value is -3.52. The maximum absolute atomic E-state index is 10.8.